The van der Waals surface area contributed by atoms with Crippen LogP contribution in [0.25, 0.3) is 0 Å². The number of carbonyl (C=O) groups excluding carboxylic acids is 3. The van der Waals surface area contributed by atoms with Crippen molar-refractivity contribution >= 4 is 23.5 Å². The average molecular weight is 421 g/mol. The highest BCUT2D eigenvalue weighted by Crippen LogP contribution is 2.50. The molecule has 1 aliphatic carbocycles. The van der Waals surface area contributed by atoms with Crippen LogP contribution in [0.2, 0.25) is 0 Å². The van der Waals surface area contributed by atoms with Crippen LogP contribution in [0.1, 0.15) is 31.2 Å². The third kappa shape index (κ3) is 3.38. The van der Waals surface area contributed by atoms with Crippen molar-refractivity contribution in [2.45, 2.75) is 37.1 Å². The number of piperidine rings is 1. The summed E-state index contributed by atoms with van der Waals surface area (Å²) in [7, 11) is 0. The SMILES string of the molecule is O=C1CN(C2CCN(C(=O)C3(c4ccc(F)cc4)CC3)CC2)C(=O)N1c1ccccc1. The molecule has 160 valence electrons. The quantitative estimate of drug-likeness (QED) is 0.712. The van der Waals surface area contributed by atoms with Crippen molar-refractivity contribution in [3.63, 3.8) is 0 Å². The van der Waals surface area contributed by atoms with E-state index < -0.39 is 5.41 Å². The fourth-order valence-electron chi connectivity index (χ4n) is 4.84. The van der Waals surface area contributed by atoms with Gasteiger partial charge in [-0.3, -0.25) is 9.59 Å². The number of carbonyl (C=O) groups is 3. The van der Waals surface area contributed by atoms with Crippen molar-refractivity contribution in [1.82, 2.24) is 9.80 Å². The number of hydrogen-bond acceptors (Lipinski definition) is 3. The molecule has 0 N–H and O–H groups in total. The lowest BCUT2D eigenvalue weighted by molar-refractivity contribution is -0.135. The third-order valence-electron chi connectivity index (χ3n) is 6.76. The largest absolute Gasteiger partial charge is 0.342 e. The molecule has 2 heterocycles. The summed E-state index contributed by atoms with van der Waals surface area (Å²) in [5.41, 5.74) is 0.937. The molecule has 0 aromatic heterocycles. The van der Waals surface area contributed by atoms with E-state index in [1.807, 2.05) is 11.0 Å². The molecule has 6 nitrogen and oxygen atoms in total. The maximum Gasteiger partial charge on any atom is 0.332 e. The van der Waals surface area contributed by atoms with Gasteiger partial charge in [0.15, 0.2) is 0 Å². The van der Waals surface area contributed by atoms with Gasteiger partial charge in [0.25, 0.3) is 5.91 Å². The maximum absolute atomic E-state index is 13.3. The number of urea groups is 1. The Morgan fingerprint density at radius 3 is 2.19 bits per heavy atom. The number of amides is 4. The maximum atomic E-state index is 13.3. The summed E-state index contributed by atoms with van der Waals surface area (Å²) in [6.07, 6.45) is 2.85. The van der Waals surface area contributed by atoms with Gasteiger partial charge in [-0.1, -0.05) is 30.3 Å². The van der Waals surface area contributed by atoms with E-state index in [9.17, 15) is 18.8 Å². The Morgan fingerprint density at radius 2 is 1.58 bits per heavy atom. The van der Waals surface area contributed by atoms with Crippen LogP contribution in [0.15, 0.2) is 54.6 Å². The summed E-state index contributed by atoms with van der Waals surface area (Å²) in [5, 5.41) is 0. The highest BCUT2D eigenvalue weighted by molar-refractivity contribution is 6.19. The second kappa shape index (κ2) is 7.48. The summed E-state index contributed by atoms with van der Waals surface area (Å²) in [6, 6.07) is 14.8. The topological polar surface area (TPSA) is 60.9 Å². The Bertz CT molecular complexity index is 1010. The van der Waals surface area contributed by atoms with Gasteiger partial charge in [0.1, 0.15) is 12.4 Å². The molecular weight excluding hydrogens is 397 g/mol. The molecule has 4 amide bonds. The van der Waals surface area contributed by atoms with E-state index in [4.69, 9.17) is 0 Å². The number of likely N-dealkylation sites (tertiary alicyclic amines) is 1. The van der Waals surface area contributed by atoms with Crippen molar-refractivity contribution in [1.29, 1.82) is 0 Å². The number of benzene rings is 2. The number of hydrogen-bond donors (Lipinski definition) is 0. The Balaban J connectivity index is 1.24. The molecule has 3 aliphatic rings. The van der Waals surface area contributed by atoms with Gasteiger partial charge >= 0.3 is 6.03 Å². The fraction of sp³-hybridized carbons (Fsp3) is 0.375. The van der Waals surface area contributed by atoms with Gasteiger partial charge in [-0.25, -0.2) is 14.1 Å². The van der Waals surface area contributed by atoms with Crippen LogP contribution >= 0.6 is 0 Å². The molecule has 2 aromatic carbocycles. The molecule has 0 bridgehead atoms. The second-order valence-corrected chi connectivity index (χ2v) is 8.59. The second-order valence-electron chi connectivity index (χ2n) is 8.59. The number of rotatable bonds is 4. The summed E-state index contributed by atoms with van der Waals surface area (Å²) < 4.78 is 13.3. The first-order chi connectivity index (χ1) is 15.0. The van der Waals surface area contributed by atoms with Crippen LogP contribution in [0.5, 0.6) is 0 Å². The summed E-state index contributed by atoms with van der Waals surface area (Å²) in [5.74, 6) is -0.433. The zero-order chi connectivity index (χ0) is 21.6. The van der Waals surface area contributed by atoms with Gasteiger partial charge in [0.2, 0.25) is 5.91 Å². The number of anilines is 1. The highest BCUT2D eigenvalue weighted by Gasteiger charge is 2.53. The Hall–Kier alpha value is -3.22. The lowest BCUT2D eigenvalue weighted by atomic mass is 9.92. The number of imide groups is 1. The molecule has 7 heteroatoms. The van der Waals surface area contributed by atoms with E-state index in [0.29, 0.717) is 31.6 Å². The summed E-state index contributed by atoms with van der Waals surface area (Å²) in [4.78, 5) is 43.4. The van der Waals surface area contributed by atoms with Crippen molar-refractivity contribution in [2.75, 3.05) is 24.5 Å². The van der Waals surface area contributed by atoms with E-state index in [1.165, 1.54) is 17.0 Å². The van der Waals surface area contributed by atoms with Crippen molar-refractivity contribution in [3.8, 4) is 0 Å². The highest BCUT2D eigenvalue weighted by atomic mass is 19.1. The minimum Gasteiger partial charge on any atom is -0.342 e. The summed E-state index contributed by atoms with van der Waals surface area (Å²) in [6.45, 7) is 1.18. The van der Waals surface area contributed by atoms with Crippen LogP contribution in [0, 0.1) is 5.82 Å². The number of para-hydroxylation sites is 1. The smallest absolute Gasteiger partial charge is 0.332 e. The van der Waals surface area contributed by atoms with E-state index in [-0.39, 0.29) is 36.2 Å². The predicted molar refractivity (Wildman–Crippen MR) is 113 cm³/mol. The molecule has 1 saturated carbocycles. The molecule has 2 aliphatic heterocycles. The minimum absolute atomic E-state index is 0.0600. The molecule has 2 aromatic rings. The first kappa shape index (κ1) is 19.7. The van der Waals surface area contributed by atoms with Gasteiger partial charge < -0.3 is 9.80 Å². The van der Waals surface area contributed by atoms with Crippen molar-refractivity contribution < 1.29 is 18.8 Å². The van der Waals surface area contributed by atoms with Gasteiger partial charge in [-0.2, -0.15) is 0 Å². The van der Waals surface area contributed by atoms with Crippen LogP contribution in [-0.2, 0) is 15.0 Å². The number of halogens is 1. The average Bonchev–Trinajstić information content (AvgIpc) is 3.55. The van der Waals surface area contributed by atoms with Crippen LogP contribution < -0.4 is 4.90 Å². The summed E-state index contributed by atoms with van der Waals surface area (Å²) >= 11 is 0. The van der Waals surface area contributed by atoms with Gasteiger partial charge in [-0.05, 0) is 55.5 Å². The molecule has 3 fully saturated rings. The molecule has 0 radical (unpaired) electrons. The minimum atomic E-state index is -0.524. The molecule has 2 saturated heterocycles. The lowest BCUT2D eigenvalue weighted by Gasteiger charge is -2.37. The Kier molecular flexibility index (Phi) is 4.76. The standard InChI is InChI=1S/C24H24FN3O3/c25-18-8-6-17(7-9-18)24(12-13-24)22(30)26-14-10-19(11-15-26)27-16-21(29)28(23(27)31)20-4-2-1-3-5-20/h1-9,19H,10-16H2. The van der Waals surface area contributed by atoms with Gasteiger partial charge in [0.05, 0.1) is 11.1 Å². The number of nitrogens with zero attached hydrogens (tertiary/aromatic N) is 3. The zero-order valence-corrected chi connectivity index (χ0v) is 17.2. The normalized spacial score (nSPS) is 21.0. The molecular formula is C24H24FN3O3. The molecule has 0 atom stereocenters. The molecule has 0 unspecified atom stereocenters. The van der Waals surface area contributed by atoms with Crippen molar-refractivity contribution in [3.05, 3.63) is 66.0 Å². The Labute approximate surface area is 180 Å². The van der Waals surface area contributed by atoms with E-state index in [0.717, 1.165) is 18.4 Å². The first-order valence-electron chi connectivity index (χ1n) is 10.7. The molecule has 31 heavy (non-hydrogen) atoms. The van der Waals surface area contributed by atoms with E-state index >= 15 is 0 Å². The third-order valence-corrected chi connectivity index (χ3v) is 6.76. The van der Waals surface area contributed by atoms with Gasteiger partial charge in [0, 0.05) is 19.1 Å². The van der Waals surface area contributed by atoms with Gasteiger partial charge in [-0.15, -0.1) is 0 Å². The fourth-order valence-corrected chi connectivity index (χ4v) is 4.84. The van der Waals surface area contributed by atoms with E-state index in [1.54, 1.807) is 41.3 Å². The van der Waals surface area contributed by atoms with Crippen molar-refractivity contribution in [2.24, 2.45) is 0 Å². The molecule has 0 spiro atoms. The molecule has 5 rings (SSSR count). The van der Waals surface area contributed by atoms with Crippen LogP contribution in [0.3, 0.4) is 0 Å². The monoisotopic (exact) mass is 421 g/mol. The van der Waals surface area contributed by atoms with E-state index in [2.05, 4.69) is 0 Å². The lowest BCUT2D eigenvalue weighted by Crippen LogP contribution is -2.50. The van der Waals surface area contributed by atoms with Crippen LogP contribution in [0.4, 0.5) is 14.9 Å². The first-order valence-corrected chi connectivity index (χ1v) is 10.7. The Morgan fingerprint density at radius 1 is 0.935 bits per heavy atom. The van der Waals surface area contributed by atoms with Crippen LogP contribution in [-0.4, -0.2) is 53.3 Å². The zero-order valence-electron chi connectivity index (χ0n) is 17.2. The predicted octanol–water partition coefficient (Wildman–Crippen LogP) is 3.32.